The molecule has 0 aromatic carbocycles. The van der Waals surface area contributed by atoms with E-state index in [1.807, 2.05) is 0 Å². The van der Waals surface area contributed by atoms with Gasteiger partial charge in [-0.15, -0.1) is 0 Å². The van der Waals surface area contributed by atoms with Gasteiger partial charge in [0.05, 0.1) is 0 Å². The van der Waals surface area contributed by atoms with E-state index in [4.69, 9.17) is 7.15 Å². The maximum absolute atomic E-state index is 8.38. The van der Waals surface area contributed by atoms with E-state index in [2.05, 4.69) is 7.43 Å². The van der Waals surface area contributed by atoms with E-state index in [1.165, 1.54) is 0 Å². The molecule has 0 aromatic rings. The average molecular weight is 326 g/mol. The zero-order valence-electron chi connectivity index (χ0n) is 4.46. The molecule has 0 atom stereocenters. The molecule has 0 saturated heterocycles. The average Bonchev–Trinajstić information content (AvgIpc) is 1.96. The Morgan fingerprint density at radius 2 is 0.875 bits per heavy atom. The van der Waals surface area contributed by atoms with Gasteiger partial charge in [-0.1, -0.05) is 0 Å². The van der Waals surface area contributed by atoms with E-state index < -0.39 is 0 Å². The second kappa shape index (κ2) is 35.9. The van der Waals surface area contributed by atoms with Crippen molar-refractivity contribution in [2.45, 2.75) is 0 Å². The fraction of sp³-hybridized carbons (Fsp3) is 0. The fourth-order valence-corrected chi connectivity index (χ4v) is 0. The molecule has 0 amide bonds. The molecule has 0 unspecified atom stereocenters. The van der Waals surface area contributed by atoms with Crippen LogP contribution in [0, 0.1) is 0 Å². The molecule has 0 aromatic heterocycles. The van der Waals surface area contributed by atoms with Crippen molar-refractivity contribution in [2.24, 2.45) is 0 Å². The second-order valence-corrected chi connectivity index (χ2v) is 1.22. The van der Waals surface area contributed by atoms with Crippen LogP contribution in [0.1, 0.15) is 0 Å². The van der Waals surface area contributed by atoms with Gasteiger partial charge in [0.15, 0.2) is 0 Å². The van der Waals surface area contributed by atoms with E-state index in [1.54, 1.807) is 0 Å². The van der Waals surface area contributed by atoms with Gasteiger partial charge in [0.1, 0.15) is 0 Å². The summed E-state index contributed by atoms with van der Waals surface area (Å²) in [6.45, 7) is 0. The van der Waals surface area contributed by atoms with Gasteiger partial charge in [-0.2, -0.15) is 0 Å². The summed E-state index contributed by atoms with van der Waals surface area (Å²) in [6, 6.07) is 0. The Labute approximate surface area is 87.4 Å². The number of hydrogen-bond donors (Lipinski definition) is 0. The van der Waals surface area contributed by atoms with Gasteiger partial charge in [-0.05, 0) is 0 Å². The molecule has 0 rings (SSSR count). The summed E-state index contributed by atoms with van der Waals surface area (Å²) >= 11 is 1.81. The van der Waals surface area contributed by atoms with Crippen molar-refractivity contribution < 1.29 is 88.4 Å². The van der Waals surface area contributed by atoms with Gasteiger partial charge in [0.25, 0.3) is 0 Å². The fourth-order valence-electron chi connectivity index (χ4n) is 0. The molecule has 0 fully saturated rings. The first-order valence-electron chi connectivity index (χ1n) is 1.32. The molecule has 0 aliphatic heterocycles. The van der Waals surface area contributed by atoms with Crippen LogP contribution in [0.5, 0.6) is 0 Å². The third-order valence-corrected chi connectivity index (χ3v) is 2.25. The van der Waals surface area contributed by atoms with Crippen LogP contribution in [-0.2, 0) is 88.4 Å². The second-order valence-electron chi connectivity index (χ2n) is 0.236. The van der Waals surface area contributed by atoms with Crippen LogP contribution in [0.15, 0.2) is 0 Å². The van der Waals surface area contributed by atoms with Crippen molar-refractivity contribution in [1.29, 1.82) is 0 Å². The van der Waals surface area contributed by atoms with Gasteiger partial charge in [0.2, 0.25) is 0 Å². The van der Waals surface area contributed by atoms with Gasteiger partial charge in [0, 0.05) is 0 Å². The molecule has 4 nitrogen and oxygen atoms in total. The molecule has 8 heteroatoms. The van der Waals surface area contributed by atoms with Crippen molar-refractivity contribution in [1.82, 2.24) is 0 Å². The minimum atomic E-state index is 0.125. The topological polar surface area (TPSA) is 52.6 Å². The molecule has 0 aliphatic rings. The predicted molar refractivity (Wildman–Crippen MR) is 3.54 cm³/mol. The van der Waals surface area contributed by atoms with E-state index in [9.17, 15) is 0 Å². The van der Waals surface area contributed by atoms with Gasteiger partial charge < -0.3 is 0 Å². The third-order valence-electron chi connectivity index (χ3n) is 0.0833. The Hall–Kier alpha value is 2.01. The molecule has 32 valence electrons. The van der Waals surface area contributed by atoms with Gasteiger partial charge >= 0.3 is 88.4 Å². The molecular formula is O4Zn4. The molecular weight excluding hydrogens is 326 g/mol. The molecule has 0 aliphatic carbocycles. The van der Waals surface area contributed by atoms with Gasteiger partial charge in [-0.3, -0.25) is 0 Å². The summed E-state index contributed by atoms with van der Waals surface area (Å²) in [5, 5.41) is 0. The van der Waals surface area contributed by atoms with Crippen LogP contribution in [0.2, 0.25) is 0 Å². The summed E-state index contributed by atoms with van der Waals surface area (Å²) in [6.07, 6.45) is 0. The Morgan fingerprint density at radius 1 is 0.750 bits per heavy atom. The zero-order valence-corrected chi connectivity index (χ0v) is 16.3. The first-order chi connectivity index (χ1) is 3.91. The normalized spacial score (nSPS) is 5.50. The molecule has 0 radical (unpaired) electrons. The van der Waals surface area contributed by atoms with Crippen molar-refractivity contribution in [3.63, 3.8) is 0 Å². The zero-order chi connectivity index (χ0) is 7.41. The molecule has 0 N–H and O–H groups in total. The van der Waals surface area contributed by atoms with Crippen LogP contribution in [-0.4, -0.2) is 0 Å². The SMILES string of the molecule is [O]=[Zn].[O]=[Zn].[Zn][O][O][Zn]. The molecule has 0 saturated carbocycles. The maximum atomic E-state index is 8.38. The molecule has 0 spiro atoms. The monoisotopic (exact) mass is 320 g/mol. The Bertz CT molecular complexity index is 20.0. The van der Waals surface area contributed by atoms with Crippen molar-refractivity contribution >= 4 is 0 Å². The first-order valence-corrected chi connectivity index (χ1v) is 6.17. The van der Waals surface area contributed by atoms with Crippen molar-refractivity contribution in [2.75, 3.05) is 0 Å². The van der Waals surface area contributed by atoms with Crippen LogP contribution < -0.4 is 0 Å². The Morgan fingerprint density at radius 3 is 0.875 bits per heavy atom. The van der Waals surface area contributed by atoms with Crippen LogP contribution >= 0.6 is 0 Å². The van der Waals surface area contributed by atoms with Crippen molar-refractivity contribution in [3.05, 3.63) is 0 Å². The summed E-state index contributed by atoms with van der Waals surface area (Å²) in [5.41, 5.74) is 0. The number of hydrogen-bond acceptors (Lipinski definition) is 4. The first kappa shape index (κ1) is 16.5. The van der Waals surface area contributed by atoms with Crippen LogP contribution in [0.3, 0.4) is 0 Å². The standard InChI is InChI=1S/O2.2O.4Zn/c1-2;;;;;;/q-2;;;;;2*+1. The summed E-state index contributed by atoms with van der Waals surface area (Å²) < 4.78 is 25.2. The van der Waals surface area contributed by atoms with Crippen LogP contribution in [0.25, 0.3) is 0 Å². The van der Waals surface area contributed by atoms with E-state index in [0.29, 0.717) is 0 Å². The van der Waals surface area contributed by atoms with E-state index >= 15 is 0 Å². The predicted octanol–water partition coefficient (Wildman–Crippen LogP) is -0.384. The number of rotatable bonds is 1. The summed E-state index contributed by atoms with van der Waals surface area (Å²) in [5.74, 6) is 0. The third kappa shape index (κ3) is 43.4. The van der Waals surface area contributed by atoms with E-state index in [0.717, 1.165) is 37.3 Å². The molecule has 8 heavy (non-hydrogen) atoms. The molecule has 0 heterocycles. The summed E-state index contributed by atoms with van der Waals surface area (Å²) in [7, 11) is 0. The Balaban J connectivity index is -0.0000000542. The summed E-state index contributed by atoms with van der Waals surface area (Å²) in [4.78, 5) is 0. The Kier molecular flexibility index (Phi) is 74.3. The van der Waals surface area contributed by atoms with Crippen LogP contribution in [0.4, 0.5) is 0 Å². The molecule has 0 bridgehead atoms. The van der Waals surface area contributed by atoms with Gasteiger partial charge in [-0.25, -0.2) is 0 Å². The minimum absolute atomic E-state index is 0.125. The quantitative estimate of drug-likeness (QED) is 0.374. The van der Waals surface area contributed by atoms with Crippen molar-refractivity contribution in [3.8, 4) is 0 Å². The van der Waals surface area contributed by atoms with E-state index in [-0.39, 0.29) is 36.5 Å².